The fourth-order valence-corrected chi connectivity index (χ4v) is 2.34. The first-order valence-electron chi connectivity index (χ1n) is 6.78. The van der Waals surface area contributed by atoms with Crippen molar-refractivity contribution in [2.45, 2.75) is 6.18 Å². The SMILES string of the molecule is O=C(COCC(F)(F)F)N1CCN(c2ccc(Cl)cc2)CC1. The lowest BCUT2D eigenvalue weighted by Gasteiger charge is -2.36. The molecule has 1 aliphatic heterocycles. The quantitative estimate of drug-likeness (QED) is 0.847. The summed E-state index contributed by atoms with van der Waals surface area (Å²) in [6.07, 6.45) is -4.41. The molecule has 1 aromatic carbocycles. The average Bonchev–Trinajstić information content (AvgIpc) is 2.47. The summed E-state index contributed by atoms with van der Waals surface area (Å²) in [4.78, 5) is 15.4. The largest absolute Gasteiger partial charge is 0.411 e. The number of hydrogen-bond acceptors (Lipinski definition) is 3. The zero-order valence-corrected chi connectivity index (χ0v) is 12.5. The molecule has 0 bridgehead atoms. The van der Waals surface area contributed by atoms with Gasteiger partial charge in [0.15, 0.2) is 0 Å². The number of carbonyl (C=O) groups is 1. The van der Waals surface area contributed by atoms with Gasteiger partial charge in [0, 0.05) is 36.9 Å². The van der Waals surface area contributed by atoms with Crippen LogP contribution in [-0.2, 0) is 9.53 Å². The molecule has 1 saturated heterocycles. The summed E-state index contributed by atoms with van der Waals surface area (Å²) in [6.45, 7) is 0.205. The molecule has 1 amide bonds. The Hall–Kier alpha value is -1.47. The van der Waals surface area contributed by atoms with Gasteiger partial charge in [-0.05, 0) is 24.3 Å². The third-order valence-electron chi connectivity index (χ3n) is 3.32. The standard InChI is InChI=1S/C14H16ClF3N2O2/c15-11-1-3-12(4-2-11)19-5-7-20(8-6-19)13(21)9-22-10-14(16,17)18/h1-4H,5-10H2. The zero-order valence-electron chi connectivity index (χ0n) is 11.8. The Labute approximate surface area is 131 Å². The number of piperazine rings is 1. The summed E-state index contributed by atoms with van der Waals surface area (Å²) in [5.41, 5.74) is 1.00. The molecule has 1 aromatic rings. The molecule has 0 aromatic heterocycles. The predicted octanol–water partition coefficient (Wildman–Crippen LogP) is 2.57. The lowest BCUT2D eigenvalue weighted by Crippen LogP contribution is -2.49. The van der Waals surface area contributed by atoms with Gasteiger partial charge >= 0.3 is 6.18 Å². The molecule has 8 heteroatoms. The van der Waals surface area contributed by atoms with E-state index >= 15 is 0 Å². The number of alkyl halides is 3. The highest BCUT2D eigenvalue weighted by Gasteiger charge is 2.28. The Morgan fingerprint density at radius 3 is 2.27 bits per heavy atom. The van der Waals surface area contributed by atoms with Crippen molar-refractivity contribution >= 4 is 23.2 Å². The lowest BCUT2D eigenvalue weighted by atomic mass is 10.2. The molecule has 1 heterocycles. The molecule has 0 atom stereocenters. The minimum absolute atomic E-state index is 0.417. The third kappa shape index (κ3) is 5.06. The van der Waals surface area contributed by atoms with E-state index in [4.69, 9.17) is 11.6 Å². The second-order valence-electron chi connectivity index (χ2n) is 4.95. The van der Waals surface area contributed by atoms with Gasteiger partial charge < -0.3 is 14.5 Å². The maximum atomic E-state index is 11.9. The molecule has 0 saturated carbocycles. The van der Waals surface area contributed by atoms with Crippen LogP contribution in [0.4, 0.5) is 18.9 Å². The van der Waals surface area contributed by atoms with Crippen LogP contribution < -0.4 is 4.90 Å². The van der Waals surface area contributed by atoms with E-state index in [0.717, 1.165) is 5.69 Å². The van der Waals surface area contributed by atoms with Gasteiger partial charge in [-0.25, -0.2) is 0 Å². The van der Waals surface area contributed by atoms with Crippen LogP contribution in [0, 0.1) is 0 Å². The molecule has 1 aliphatic rings. The van der Waals surface area contributed by atoms with Crippen LogP contribution in [0.25, 0.3) is 0 Å². The summed E-state index contributed by atoms with van der Waals surface area (Å²) in [5.74, 6) is -0.417. The van der Waals surface area contributed by atoms with E-state index in [1.54, 1.807) is 12.1 Å². The fraction of sp³-hybridized carbons (Fsp3) is 0.500. The van der Waals surface area contributed by atoms with Gasteiger partial charge in [0.1, 0.15) is 13.2 Å². The number of amides is 1. The van der Waals surface area contributed by atoms with Crippen molar-refractivity contribution in [3.63, 3.8) is 0 Å². The summed E-state index contributed by atoms with van der Waals surface area (Å²) >= 11 is 5.83. The van der Waals surface area contributed by atoms with E-state index in [-0.39, 0.29) is 0 Å². The third-order valence-corrected chi connectivity index (χ3v) is 3.57. The van der Waals surface area contributed by atoms with E-state index < -0.39 is 25.3 Å². The van der Waals surface area contributed by atoms with Crippen LogP contribution in [-0.4, -0.2) is 56.4 Å². The van der Waals surface area contributed by atoms with E-state index in [2.05, 4.69) is 9.64 Å². The zero-order chi connectivity index (χ0) is 16.2. The van der Waals surface area contributed by atoms with E-state index in [1.807, 2.05) is 12.1 Å². The average molecular weight is 337 g/mol. The molecule has 4 nitrogen and oxygen atoms in total. The highest BCUT2D eigenvalue weighted by molar-refractivity contribution is 6.30. The van der Waals surface area contributed by atoms with Gasteiger partial charge in [-0.1, -0.05) is 11.6 Å². The van der Waals surface area contributed by atoms with Gasteiger partial charge in [-0.15, -0.1) is 0 Å². The summed E-state index contributed by atoms with van der Waals surface area (Å²) in [5, 5.41) is 0.652. The van der Waals surface area contributed by atoms with Crippen molar-refractivity contribution in [2.24, 2.45) is 0 Å². The Balaban J connectivity index is 1.77. The van der Waals surface area contributed by atoms with Gasteiger partial charge in [0.2, 0.25) is 5.91 Å². The number of ether oxygens (including phenoxy) is 1. The minimum Gasteiger partial charge on any atom is -0.368 e. The van der Waals surface area contributed by atoms with E-state index in [9.17, 15) is 18.0 Å². The molecule has 0 radical (unpaired) electrons. The summed E-state index contributed by atoms with van der Waals surface area (Å²) in [7, 11) is 0. The molecule has 2 rings (SSSR count). The topological polar surface area (TPSA) is 32.8 Å². The number of anilines is 1. The molecular formula is C14H16ClF3N2O2. The molecule has 22 heavy (non-hydrogen) atoms. The summed E-state index contributed by atoms with van der Waals surface area (Å²) < 4.78 is 40.2. The number of carbonyl (C=O) groups excluding carboxylic acids is 1. The minimum atomic E-state index is -4.41. The second-order valence-corrected chi connectivity index (χ2v) is 5.39. The Morgan fingerprint density at radius 1 is 1.14 bits per heavy atom. The lowest BCUT2D eigenvalue weighted by molar-refractivity contribution is -0.177. The van der Waals surface area contributed by atoms with Gasteiger partial charge in [-0.2, -0.15) is 13.2 Å². The van der Waals surface area contributed by atoms with Crippen LogP contribution in [0.3, 0.4) is 0 Å². The smallest absolute Gasteiger partial charge is 0.368 e. The highest BCUT2D eigenvalue weighted by atomic mass is 35.5. The highest BCUT2D eigenvalue weighted by Crippen LogP contribution is 2.19. The number of nitrogens with zero attached hydrogens (tertiary/aromatic N) is 2. The van der Waals surface area contributed by atoms with Crippen molar-refractivity contribution in [3.05, 3.63) is 29.3 Å². The molecule has 0 spiro atoms. The van der Waals surface area contributed by atoms with Gasteiger partial charge in [-0.3, -0.25) is 4.79 Å². The maximum absolute atomic E-state index is 11.9. The number of rotatable bonds is 4. The molecule has 0 N–H and O–H groups in total. The van der Waals surface area contributed by atoms with Crippen LogP contribution in [0.15, 0.2) is 24.3 Å². The first-order valence-corrected chi connectivity index (χ1v) is 7.16. The van der Waals surface area contributed by atoms with Crippen LogP contribution in [0.1, 0.15) is 0 Å². The second kappa shape index (κ2) is 7.19. The maximum Gasteiger partial charge on any atom is 0.411 e. The van der Waals surface area contributed by atoms with E-state index in [1.165, 1.54) is 4.90 Å². The first kappa shape index (κ1) is 16.9. The van der Waals surface area contributed by atoms with E-state index in [0.29, 0.717) is 31.2 Å². The van der Waals surface area contributed by atoms with Crippen molar-refractivity contribution in [3.8, 4) is 0 Å². The van der Waals surface area contributed by atoms with Crippen molar-refractivity contribution in [1.82, 2.24) is 4.90 Å². The number of benzene rings is 1. The van der Waals surface area contributed by atoms with Crippen molar-refractivity contribution < 1.29 is 22.7 Å². The molecule has 122 valence electrons. The molecule has 1 fully saturated rings. The summed E-state index contributed by atoms with van der Waals surface area (Å²) in [6, 6.07) is 7.37. The van der Waals surface area contributed by atoms with Crippen LogP contribution in [0.5, 0.6) is 0 Å². The normalized spacial score (nSPS) is 16.0. The van der Waals surface area contributed by atoms with Crippen LogP contribution >= 0.6 is 11.6 Å². The van der Waals surface area contributed by atoms with Crippen LogP contribution in [0.2, 0.25) is 5.02 Å². The molecular weight excluding hydrogens is 321 g/mol. The first-order chi connectivity index (χ1) is 10.3. The Morgan fingerprint density at radius 2 is 1.73 bits per heavy atom. The van der Waals surface area contributed by atoms with Gasteiger partial charge in [0.25, 0.3) is 0 Å². The van der Waals surface area contributed by atoms with Gasteiger partial charge in [0.05, 0.1) is 0 Å². The predicted molar refractivity (Wildman–Crippen MR) is 77.1 cm³/mol. The monoisotopic (exact) mass is 336 g/mol. The number of hydrogen-bond donors (Lipinski definition) is 0. The number of halogens is 4. The fourth-order valence-electron chi connectivity index (χ4n) is 2.21. The Bertz CT molecular complexity index is 500. The van der Waals surface area contributed by atoms with Crippen molar-refractivity contribution in [1.29, 1.82) is 0 Å². The molecule has 0 aliphatic carbocycles. The van der Waals surface area contributed by atoms with Crippen molar-refractivity contribution in [2.75, 3.05) is 44.3 Å². The molecule has 0 unspecified atom stereocenters. The Kier molecular flexibility index (Phi) is 5.52.